The van der Waals surface area contributed by atoms with E-state index in [-0.39, 0.29) is 18.3 Å². The molecule has 5 nitrogen and oxygen atoms in total. The Morgan fingerprint density at radius 2 is 2.29 bits per heavy atom. The monoisotopic (exact) mass is 315 g/mol. The van der Waals surface area contributed by atoms with Gasteiger partial charge in [-0.05, 0) is 44.7 Å². The molecule has 0 aromatic carbocycles. The van der Waals surface area contributed by atoms with Gasteiger partial charge in [0.1, 0.15) is 0 Å². The number of hydrogen-bond donors (Lipinski definition) is 2. The Morgan fingerprint density at radius 3 is 2.90 bits per heavy atom. The highest BCUT2D eigenvalue weighted by molar-refractivity contribution is 5.91. The summed E-state index contributed by atoms with van der Waals surface area (Å²) >= 11 is 0. The Labute approximate surface area is 132 Å². The van der Waals surface area contributed by atoms with Crippen LogP contribution in [0, 0.1) is 5.92 Å². The van der Waals surface area contributed by atoms with Crippen molar-refractivity contribution >= 4 is 18.3 Å². The van der Waals surface area contributed by atoms with E-state index >= 15 is 0 Å². The molecule has 2 heterocycles. The zero-order valence-electron chi connectivity index (χ0n) is 12.9. The van der Waals surface area contributed by atoms with Gasteiger partial charge in [0.25, 0.3) is 5.91 Å². The maximum Gasteiger partial charge on any atom is 0.289 e. The van der Waals surface area contributed by atoms with Crippen LogP contribution in [-0.2, 0) is 0 Å². The molecule has 1 atom stereocenters. The summed E-state index contributed by atoms with van der Waals surface area (Å²) in [5.74, 6) is 1.08. The van der Waals surface area contributed by atoms with Gasteiger partial charge in [-0.15, -0.1) is 12.4 Å². The van der Waals surface area contributed by atoms with Crippen molar-refractivity contribution in [2.45, 2.75) is 45.4 Å². The molecule has 1 unspecified atom stereocenters. The molecule has 1 amide bonds. The number of carbonyl (C=O) groups excluding carboxylic acids is 1. The number of nitrogens with zero attached hydrogens (tertiary/aromatic N) is 1. The van der Waals surface area contributed by atoms with Crippen molar-refractivity contribution in [1.29, 1.82) is 0 Å². The van der Waals surface area contributed by atoms with Crippen molar-refractivity contribution in [1.82, 2.24) is 15.8 Å². The van der Waals surface area contributed by atoms with E-state index < -0.39 is 0 Å². The van der Waals surface area contributed by atoms with Crippen molar-refractivity contribution in [3.63, 3.8) is 0 Å². The minimum Gasteiger partial charge on any atom is -0.351 e. The quantitative estimate of drug-likeness (QED) is 0.847. The van der Waals surface area contributed by atoms with Gasteiger partial charge in [0.15, 0.2) is 0 Å². The molecule has 1 aliphatic rings. The first-order valence-corrected chi connectivity index (χ1v) is 7.70. The first-order chi connectivity index (χ1) is 9.74. The lowest BCUT2D eigenvalue weighted by Crippen LogP contribution is -2.38. The Balaban J connectivity index is 0.00000220. The molecule has 0 radical (unpaired) electrons. The number of nitrogens with one attached hydrogen (secondary N) is 2. The van der Waals surface area contributed by atoms with Gasteiger partial charge >= 0.3 is 0 Å². The van der Waals surface area contributed by atoms with Crippen LogP contribution in [0.5, 0.6) is 0 Å². The van der Waals surface area contributed by atoms with Crippen LogP contribution in [0.25, 0.3) is 0 Å². The second kappa shape index (κ2) is 9.05. The van der Waals surface area contributed by atoms with Crippen molar-refractivity contribution in [2.75, 3.05) is 19.6 Å². The minimum absolute atomic E-state index is 0. The summed E-state index contributed by atoms with van der Waals surface area (Å²) in [6, 6.07) is 1.78. The molecule has 1 aromatic rings. The summed E-state index contributed by atoms with van der Waals surface area (Å²) in [5.41, 5.74) is 0.888. The zero-order chi connectivity index (χ0) is 14.4. The summed E-state index contributed by atoms with van der Waals surface area (Å²) in [4.78, 5) is 12.0. The van der Waals surface area contributed by atoms with Crippen LogP contribution >= 0.6 is 12.4 Å². The van der Waals surface area contributed by atoms with Gasteiger partial charge in [-0.2, -0.15) is 0 Å². The van der Waals surface area contributed by atoms with Gasteiger partial charge in [-0.3, -0.25) is 4.79 Å². The molecule has 2 N–H and O–H groups in total. The molecule has 120 valence electrons. The highest BCUT2D eigenvalue weighted by Crippen LogP contribution is 2.22. The zero-order valence-corrected chi connectivity index (χ0v) is 13.7. The van der Waals surface area contributed by atoms with Gasteiger partial charge in [0.2, 0.25) is 5.76 Å². The van der Waals surface area contributed by atoms with E-state index in [4.69, 9.17) is 4.52 Å². The topological polar surface area (TPSA) is 67.2 Å². The van der Waals surface area contributed by atoms with Crippen LogP contribution < -0.4 is 10.6 Å². The lowest BCUT2D eigenvalue weighted by molar-refractivity contribution is 0.0907. The number of aromatic nitrogens is 1. The molecule has 6 heteroatoms. The SMILES string of the molecule is CCC(CC)c1cc(C(=O)NCC2CCCNC2)on1.Cl. The molecule has 0 aliphatic carbocycles. The molecule has 1 aliphatic heterocycles. The number of carbonyl (C=O) groups is 1. The number of rotatable bonds is 6. The van der Waals surface area contributed by atoms with Crippen molar-refractivity contribution in [3.8, 4) is 0 Å². The molecular weight excluding hydrogens is 290 g/mol. The lowest BCUT2D eigenvalue weighted by Gasteiger charge is -2.22. The second-order valence-corrected chi connectivity index (χ2v) is 5.55. The highest BCUT2D eigenvalue weighted by atomic mass is 35.5. The second-order valence-electron chi connectivity index (χ2n) is 5.55. The molecule has 21 heavy (non-hydrogen) atoms. The van der Waals surface area contributed by atoms with Crippen LogP contribution in [0.3, 0.4) is 0 Å². The lowest BCUT2D eigenvalue weighted by atomic mass is 9.99. The summed E-state index contributed by atoms with van der Waals surface area (Å²) in [7, 11) is 0. The van der Waals surface area contributed by atoms with Crippen molar-refractivity contribution in [3.05, 3.63) is 17.5 Å². The molecule has 1 aromatic heterocycles. The van der Waals surface area contributed by atoms with E-state index in [1.165, 1.54) is 12.8 Å². The van der Waals surface area contributed by atoms with Gasteiger partial charge in [0.05, 0.1) is 5.69 Å². The Kier molecular flexibility index (Phi) is 7.75. The van der Waals surface area contributed by atoms with Crippen molar-refractivity contribution in [2.24, 2.45) is 5.92 Å². The largest absolute Gasteiger partial charge is 0.351 e. The molecule has 1 fully saturated rings. The summed E-state index contributed by atoms with van der Waals surface area (Å²) in [6.45, 7) is 7.02. The molecular formula is C15H26ClN3O2. The number of halogens is 1. The molecule has 0 bridgehead atoms. The van der Waals surface area contributed by atoms with Gasteiger partial charge < -0.3 is 15.2 Å². The molecule has 1 saturated heterocycles. The van der Waals surface area contributed by atoms with Crippen molar-refractivity contribution < 1.29 is 9.32 Å². The van der Waals surface area contributed by atoms with Crippen LogP contribution in [0.15, 0.2) is 10.6 Å². The van der Waals surface area contributed by atoms with Crippen LogP contribution in [0.4, 0.5) is 0 Å². The molecule has 0 spiro atoms. The fourth-order valence-corrected chi connectivity index (χ4v) is 2.72. The number of hydrogen-bond acceptors (Lipinski definition) is 4. The third-order valence-electron chi connectivity index (χ3n) is 4.11. The third-order valence-corrected chi connectivity index (χ3v) is 4.11. The highest BCUT2D eigenvalue weighted by Gasteiger charge is 2.19. The maximum absolute atomic E-state index is 12.0. The normalized spacial score (nSPS) is 18.3. The van der Waals surface area contributed by atoms with Crippen LogP contribution in [0.2, 0.25) is 0 Å². The van der Waals surface area contributed by atoms with E-state index in [1.54, 1.807) is 6.07 Å². The van der Waals surface area contributed by atoms with E-state index in [0.717, 1.165) is 31.6 Å². The summed E-state index contributed by atoms with van der Waals surface area (Å²) < 4.78 is 5.17. The average Bonchev–Trinajstić information content (AvgIpc) is 2.97. The maximum atomic E-state index is 12.0. The fraction of sp³-hybridized carbons (Fsp3) is 0.733. The van der Waals surface area contributed by atoms with E-state index in [9.17, 15) is 4.79 Å². The predicted octanol–water partition coefficient (Wildman–Crippen LogP) is 2.73. The Morgan fingerprint density at radius 1 is 1.52 bits per heavy atom. The van der Waals surface area contributed by atoms with Gasteiger partial charge in [0, 0.05) is 18.5 Å². The van der Waals surface area contributed by atoms with E-state index in [1.807, 2.05) is 0 Å². The Bertz CT molecular complexity index is 426. The predicted molar refractivity (Wildman–Crippen MR) is 85.0 cm³/mol. The van der Waals surface area contributed by atoms with Crippen LogP contribution in [0.1, 0.15) is 61.7 Å². The minimum atomic E-state index is -0.153. The number of piperidine rings is 1. The van der Waals surface area contributed by atoms with E-state index in [0.29, 0.717) is 24.1 Å². The van der Waals surface area contributed by atoms with Gasteiger partial charge in [-0.1, -0.05) is 19.0 Å². The fourth-order valence-electron chi connectivity index (χ4n) is 2.72. The van der Waals surface area contributed by atoms with Crippen LogP contribution in [-0.4, -0.2) is 30.7 Å². The molecule has 2 rings (SSSR count). The average molecular weight is 316 g/mol. The summed E-state index contributed by atoms with van der Waals surface area (Å²) in [5, 5.41) is 10.3. The van der Waals surface area contributed by atoms with Gasteiger partial charge in [-0.25, -0.2) is 0 Å². The van der Waals surface area contributed by atoms with E-state index in [2.05, 4.69) is 29.6 Å². The summed E-state index contributed by atoms with van der Waals surface area (Å²) in [6.07, 6.45) is 4.38. The third kappa shape index (κ3) is 5.00. The molecule has 0 saturated carbocycles. The first kappa shape index (κ1) is 18.0. The number of amides is 1. The Hall–Kier alpha value is -1.07. The standard InChI is InChI=1S/C15H25N3O2.ClH/c1-3-12(4-2)13-8-14(20-18-13)15(19)17-10-11-6-5-7-16-9-11;/h8,11-12,16H,3-7,9-10H2,1-2H3,(H,17,19);1H. The smallest absolute Gasteiger partial charge is 0.289 e. The first-order valence-electron chi connectivity index (χ1n) is 7.70.